The van der Waals surface area contributed by atoms with E-state index in [2.05, 4.69) is 4.98 Å². The Labute approximate surface area is 99.0 Å². The van der Waals surface area contributed by atoms with Crippen LogP contribution >= 0.6 is 0 Å². The summed E-state index contributed by atoms with van der Waals surface area (Å²) in [4.78, 5) is 27.1. The fraction of sp³-hybridized carbons (Fsp3) is 0.538. The number of H-pyrrole nitrogens is 1. The predicted octanol–water partition coefficient (Wildman–Crippen LogP) is 1.61. The topological polar surface area (TPSA) is 54.9 Å². The molecule has 0 atom stereocenters. The van der Waals surface area contributed by atoms with Crippen LogP contribution in [-0.2, 0) is 6.42 Å². The van der Waals surface area contributed by atoms with Crippen molar-refractivity contribution in [2.75, 3.05) is 0 Å². The van der Waals surface area contributed by atoms with Crippen molar-refractivity contribution >= 4 is 6.08 Å². The fourth-order valence-corrected chi connectivity index (χ4v) is 2.91. The van der Waals surface area contributed by atoms with Gasteiger partial charge in [0, 0.05) is 11.6 Å². The van der Waals surface area contributed by atoms with Crippen molar-refractivity contribution < 1.29 is 0 Å². The van der Waals surface area contributed by atoms with Crippen LogP contribution in [0.5, 0.6) is 0 Å². The highest BCUT2D eigenvalue weighted by Crippen LogP contribution is 2.26. The van der Waals surface area contributed by atoms with E-state index in [-0.39, 0.29) is 17.3 Å². The molecule has 0 bridgehead atoms. The van der Waals surface area contributed by atoms with Gasteiger partial charge in [0.1, 0.15) is 0 Å². The summed E-state index contributed by atoms with van der Waals surface area (Å²) in [6, 6.07) is 0.103. The second-order valence-electron chi connectivity index (χ2n) is 4.90. The van der Waals surface area contributed by atoms with Crippen LogP contribution in [0.25, 0.3) is 6.08 Å². The highest BCUT2D eigenvalue weighted by atomic mass is 16.2. The van der Waals surface area contributed by atoms with Gasteiger partial charge in [-0.15, -0.1) is 0 Å². The lowest BCUT2D eigenvalue weighted by Crippen LogP contribution is -2.40. The number of hydrogen-bond acceptors (Lipinski definition) is 2. The zero-order valence-corrected chi connectivity index (χ0v) is 9.74. The molecule has 0 spiro atoms. The van der Waals surface area contributed by atoms with Crippen molar-refractivity contribution in [1.82, 2.24) is 9.55 Å². The number of nitrogens with zero attached hydrogens (tertiary/aromatic N) is 1. The van der Waals surface area contributed by atoms with E-state index in [9.17, 15) is 9.59 Å². The number of rotatable bonds is 1. The third-order valence-electron chi connectivity index (χ3n) is 3.81. The monoisotopic (exact) mass is 232 g/mol. The van der Waals surface area contributed by atoms with Crippen LogP contribution in [0.4, 0.5) is 0 Å². The summed E-state index contributed by atoms with van der Waals surface area (Å²) in [5.41, 5.74) is 1.12. The smallest absolute Gasteiger partial charge is 0.307 e. The normalized spacial score (nSPS) is 19.5. The maximum absolute atomic E-state index is 12.3. The average Bonchev–Trinajstić information content (AvgIpc) is 2.78. The minimum Gasteiger partial charge on any atom is -0.307 e. The van der Waals surface area contributed by atoms with E-state index in [1.807, 2.05) is 12.2 Å². The molecule has 0 amide bonds. The Balaban J connectivity index is 2.11. The fourth-order valence-electron chi connectivity index (χ4n) is 2.91. The maximum atomic E-state index is 12.3. The zero-order valence-electron chi connectivity index (χ0n) is 9.74. The summed E-state index contributed by atoms with van der Waals surface area (Å²) >= 11 is 0. The van der Waals surface area contributed by atoms with E-state index in [0.29, 0.717) is 12.1 Å². The molecular weight excluding hydrogens is 216 g/mol. The van der Waals surface area contributed by atoms with E-state index in [4.69, 9.17) is 0 Å². The second kappa shape index (κ2) is 4.02. The Kier molecular flexibility index (Phi) is 2.50. The summed E-state index contributed by atoms with van der Waals surface area (Å²) in [7, 11) is 0. The van der Waals surface area contributed by atoms with Crippen molar-refractivity contribution in [3.8, 4) is 0 Å². The third kappa shape index (κ3) is 1.68. The molecule has 3 rings (SSSR count). The van der Waals surface area contributed by atoms with Crippen LogP contribution in [0.1, 0.15) is 49.4 Å². The maximum Gasteiger partial charge on any atom is 0.329 e. The second-order valence-corrected chi connectivity index (χ2v) is 4.90. The molecule has 2 aliphatic carbocycles. The van der Waals surface area contributed by atoms with Gasteiger partial charge in [-0.05, 0) is 25.3 Å². The molecule has 1 aromatic rings. The van der Waals surface area contributed by atoms with Gasteiger partial charge >= 0.3 is 5.69 Å². The molecule has 0 aliphatic heterocycles. The minimum atomic E-state index is -0.243. The number of aromatic amines is 1. The molecule has 2 aliphatic rings. The first-order chi connectivity index (χ1) is 8.27. The van der Waals surface area contributed by atoms with Gasteiger partial charge in [0.15, 0.2) is 0 Å². The van der Waals surface area contributed by atoms with Crippen LogP contribution in [0, 0.1) is 0 Å². The number of aromatic nitrogens is 2. The van der Waals surface area contributed by atoms with Crippen molar-refractivity contribution in [1.29, 1.82) is 0 Å². The molecule has 1 heterocycles. The summed E-state index contributed by atoms with van der Waals surface area (Å²) in [6.07, 6.45) is 9.76. The Hall–Kier alpha value is -1.58. The van der Waals surface area contributed by atoms with Crippen LogP contribution in [-0.4, -0.2) is 9.55 Å². The lowest BCUT2D eigenvalue weighted by Gasteiger charge is -2.23. The van der Waals surface area contributed by atoms with E-state index < -0.39 is 0 Å². The van der Waals surface area contributed by atoms with E-state index in [1.165, 1.54) is 11.0 Å². The van der Waals surface area contributed by atoms with Gasteiger partial charge < -0.3 is 4.98 Å². The lowest BCUT2D eigenvalue weighted by atomic mass is 9.95. The van der Waals surface area contributed by atoms with Crippen LogP contribution < -0.4 is 11.2 Å². The van der Waals surface area contributed by atoms with E-state index in [0.717, 1.165) is 31.2 Å². The molecule has 1 aromatic heterocycles. The Bertz CT molecular complexity index is 574. The van der Waals surface area contributed by atoms with Crippen LogP contribution in [0.2, 0.25) is 0 Å². The molecule has 1 saturated carbocycles. The van der Waals surface area contributed by atoms with Crippen molar-refractivity contribution in [2.24, 2.45) is 0 Å². The quantitative estimate of drug-likeness (QED) is 0.799. The third-order valence-corrected chi connectivity index (χ3v) is 3.81. The molecule has 0 aromatic carbocycles. The Morgan fingerprint density at radius 1 is 1.18 bits per heavy atom. The predicted molar refractivity (Wildman–Crippen MR) is 66.2 cm³/mol. The lowest BCUT2D eigenvalue weighted by molar-refractivity contribution is 0.335. The SMILES string of the molecule is O=c1[nH]c2c(c(=O)n1C1CCCCC1)CC=C2. The van der Waals surface area contributed by atoms with E-state index in [1.54, 1.807) is 0 Å². The van der Waals surface area contributed by atoms with Crippen molar-refractivity contribution in [3.63, 3.8) is 0 Å². The highest BCUT2D eigenvalue weighted by molar-refractivity contribution is 5.54. The summed E-state index contributed by atoms with van der Waals surface area (Å²) in [5, 5.41) is 0. The van der Waals surface area contributed by atoms with Crippen LogP contribution in [0.3, 0.4) is 0 Å². The molecular formula is C13H16N2O2. The summed E-state index contributed by atoms with van der Waals surface area (Å²) in [6.45, 7) is 0. The number of nitrogens with one attached hydrogen (secondary N) is 1. The molecule has 1 fully saturated rings. The first-order valence-corrected chi connectivity index (χ1v) is 6.31. The first kappa shape index (κ1) is 10.6. The minimum absolute atomic E-state index is 0.0827. The largest absolute Gasteiger partial charge is 0.329 e. The number of allylic oxidation sites excluding steroid dienone is 1. The van der Waals surface area contributed by atoms with Gasteiger partial charge in [0.25, 0.3) is 5.56 Å². The van der Waals surface area contributed by atoms with Gasteiger partial charge in [-0.25, -0.2) is 4.79 Å². The molecule has 1 N–H and O–H groups in total. The zero-order chi connectivity index (χ0) is 11.8. The molecule has 17 heavy (non-hydrogen) atoms. The van der Waals surface area contributed by atoms with Gasteiger partial charge in [0.05, 0.1) is 5.69 Å². The van der Waals surface area contributed by atoms with Gasteiger partial charge in [-0.1, -0.05) is 25.3 Å². The van der Waals surface area contributed by atoms with Crippen molar-refractivity contribution in [2.45, 2.75) is 44.6 Å². The Morgan fingerprint density at radius 3 is 2.71 bits per heavy atom. The van der Waals surface area contributed by atoms with Gasteiger partial charge in [-0.3, -0.25) is 9.36 Å². The van der Waals surface area contributed by atoms with Gasteiger partial charge in [0.2, 0.25) is 0 Å². The average molecular weight is 232 g/mol. The standard InChI is InChI=1S/C13H16N2O2/c16-12-10-7-4-8-11(10)14-13(17)15(12)9-5-2-1-3-6-9/h4,8-9H,1-3,5-7H2,(H,14,17). The summed E-state index contributed by atoms with van der Waals surface area (Å²) in [5.74, 6) is 0. The molecule has 0 unspecified atom stereocenters. The number of hydrogen-bond donors (Lipinski definition) is 1. The van der Waals surface area contributed by atoms with Crippen LogP contribution in [0.15, 0.2) is 15.7 Å². The molecule has 0 saturated heterocycles. The number of fused-ring (bicyclic) bond motifs is 1. The molecule has 0 radical (unpaired) electrons. The Morgan fingerprint density at radius 2 is 1.94 bits per heavy atom. The molecule has 4 nitrogen and oxygen atoms in total. The van der Waals surface area contributed by atoms with E-state index >= 15 is 0 Å². The van der Waals surface area contributed by atoms with Crippen molar-refractivity contribution in [3.05, 3.63) is 38.2 Å². The first-order valence-electron chi connectivity index (χ1n) is 6.31. The summed E-state index contributed by atoms with van der Waals surface area (Å²) < 4.78 is 1.45. The molecule has 90 valence electrons. The van der Waals surface area contributed by atoms with Gasteiger partial charge in [-0.2, -0.15) is 0 Å². The highest BCUT2D eigenvalue weighted by Gasteiger charge is 2.22. The molecule has 4 heteroatoms.